The van der Waals surface area contributed by atoms with Crippen molar-refractivity contribution in [3.05, 3.63) is 53.6 Å². The van der Waals surface area contributed by atoms with E-state index in [-0.39, 0.29) is 17.5 Å². The zero-order chi connectivity index (χ0) is 15.4. The smallest absolute Gasteiger partial charge is 0.124 e. The summed E-state index contributed by atoms with van der Waals surface area (Å²) in [7, 11) is 4.05. The summed E-state index contributed by atoms with van der Waals surface area (Å²) in [4.78, 5) is 2.10. The summed E-state index contributed by atoms with van der Waals surface area (Å²) in [6.45, 7) is 2.74. The van der Waals surface area contributed by atoms with E-state index in [0.717, 1.165) is 12.2 Å². The van der Waals surface area contributed by atoms with Crippen molar-refractivity contribution in [2.75, 3.05) is 19.4 Å². The Morgan fingerprint density at radius 2 is 1.62 bits per heavy atom. The van der Waals surface area contributed by atoms with E-state index in [1.165, 1.54) is 5.56 Å². The number of anilines is 1. The van der Waals surface area contributed by atoms with Gasteiger partial charge in [0.05, 0.1) is 11.6 Å². The first kappa shape index (κ1) is 15.2. The highest BCUT2D eigenvalue weighted by Crippen LogP contribution is 2.34. The summed E-state index contributed by atoms with van der Waals surface area (Å²) in [5.41, 5.74) is 2.68. The van der Waals surface area contributed by atoms with Gasteiger partial charge in [0.25, 0.3) is 0 Å². The number of para-hydroxylation sites is 1. The molecule has 0 amide bonds. The lowest BCUT2D eigenvalue weighted by atomic mass is 10.0. The first-order chi connectivity index (χ1) is 9.99. The van der Waals surface area contributed by atoms with Gasteiger partial charge in [0.15, 0.2) is 0 Å². The Balaban J connectivity index is 2.26. The predicted molar refractivity (Wildman–Crippen MR) is 85.6 cm³/mol. The van der Waals surface area contributed by atoms with Gasteiger partial charge in [0, 0.05) is 12.2 Å². The standard InChI is InChI=1S/C17H22N2O2/c1-12(17-15(20)9-6-10-16(17)21)18-14-8-5-4-7-13(14)11-19(2)3/h4-10,12,18,20-21H,11H2,1-3H3. The number of phenols is 2. The normalized spacial score (nSPS) is 12.4. The molecule has 0 spiro atoms. The molecular formula is C17H22N2O2. The van der Waals surface area contributed by atoms with Crippen LogP contribution in [0.5, 0.6) is 11.5 Å². The number of aromatic hydroxyl groups is 2. The minimum absolute atomic E-state index is 0.0973. The Morgan fingerprint density at radius 1 is 1.00 bits per heavy atom. The quantitative estimate of drug-likeness (QED) is 0.789. The van der Waals surface area contributed by atoms with E-state index in [1.54, 1.807) is 18.2 Å². The second-order valence-corrected chi connectivity index (χ2v) is 5.47. The fourth-order valence-corrected chi connectivity index (χ4v) is 2.43. The minimum atomic E-state index is -0.200. The van der Waals surface area contributed by atoms with Crippen molar-refractivity contribution in [1.82, 2.24) is 4.90 Å². The van der Waals surface area contributed by atoms with Gasteiger partial charge in [0.1, 0.15) is 11.5 Å². The molecule has 4 nitrogen and oxygen atoms in total. The van der Waals surface area contributed by atoms with Crippen LogP contribution in [0.25, 0.3) is 0 Å². The van der Waals surface area contributed by atoms with E-state index in [2.05, 4.69) is 16.3 Å². The van der Waals surface area contributed by atoms with E-state index in [4.69, 9.17) is 0 Å². The van der Waals surface area contributed by atoms with Gasteiger partial charge in [-0.05, 0) is 44.8 Å². The van der Waals surface area contributed by atoms with Gasteiger partial charge < -0.3 is 20.4 Å². The first-order valence-electron chi connectivity index (χ1n) is 6.99. The maximum Gasteiger partial charge on any atom is 0.124 e. The molecule has 0 heterocycles. The number of phenolic OH excluding ortho intramolecular Hbond substituents is 2. The lowest BCUT2D eigenvalue weighted by Crippen LogP contribution is -2.14. The topological polar surface area (TPSA) is 55.7 Å². The molecule has 3 N–H and O–H groups in total. The van der Waals surface area contributed by atoms with E-state index in [1.807, 2.05) is 39.2 Å². The van der Waals surface area contributed by atoms with Crippen LogP contribution in [-0.4, -0.2) is 29.2 Å². The number of benzene rings is 2. The van der Waals surface area contributed by atoms with Crippen LogP contribution in [0.2, 0.25) is 0 Å². The molecule has 112 valence electrons. The molecule has 2 rings (SSSR count). The van der Waals surface area contributed by atoms with Crippen molar-refractivity contribution < 1.29 is 10.2 Å². The van der Waals surface area contributed by atoms with Gasteiger partial charge in [-0.15, -0.1) is 0 Å². The van der Waals surface area contributed by atoms with Crippen LogP contribution in [0.15, 0.2) is 42.5 Å². The highest BCUT2D eigenvalue weighted by atomic mass is 16.3. The summed E-state index contributed by atoms with van der Waals surface area (Å²) in [5, 5.41) is 23.3. The number of rotatable bonds is 5. The van der Waals surface area contributed by atoms with Gasteiger partial charge in [-0.25, -0.2) is 0 Å². The molecule has 0 aromatic heterocycles. The average Bonchev–Trinajstić information content (AvgIpc) is 2.40. The van der Waals surface area contributed by atoms with E-state index < -0.39 is 0 Å². The van der Waals surface area contributed by atoms with Gasteiger partial charge in [-0.3, -0.25) is 0 Å². The summed E-state index contributed by atoms with van der Waals surface area (Å²) in [6.07, 6.45) is 0. The summed E-state index contributed by atoms with van der Waals surface area (Å²) < 4.78 is 0. The molecule has 0 aliphatic heterocycles. The van der Waals surface area contributed by atoms with Crippen molar-refractivity contribution in [2.24, 2.45) is 0 Å². The molecule has 0 fully saturated rings. The van der Waals surface area contributed by atoms with Crippen LogP contribution in [0.1, 0.15) is 24.1 Å². The lowest BCUT2D eigenvalue weighted by Gasteiger charge is -2.21. The molecular weight excluding hydrogens is 264 g/mol. The number of nitrogens with one attached hydrogen (secondary N) is 1. The zero-order valence-corrected chi connectivity index (χ0v) is 12.7. The summed E-state index contributed by atoms with van der Waals surface area (Å²) >= 11 is 0. The molecule has 0 bridgehead atoms. The maximum absolute atomic E-state index is 9.95. The predicted octanol–water partition coefficient (Wildman–Crippen LogP) is 3.33. The van der Waals surface area contributed by atoms with Crippen molar-refractivity contribution in [1.29, 1.82) is 0 Å². The maximum atomic E-state index is 9.95. The SMILES string of the molecule is CC(Nc1ccccc1CN(C)C)c1c(O)cccc1O. The molecule has 0 saturated carbocycles. The Labute approximate surface area is 125 Å². The van der Waals surface area contributed by atoms with Crippen LogP contribution in [0, 0.1) is 0 Å². The molecule has 4 heteroatoms. The fraction of sp³-hybridized carbons (Fsp3) is 0.294. The molecule has 21 heavy (non-hydrogen) atoms. The van der Waals surface area contributed by atoms with Crippen LogP contribution < -0.4 is 5.32 Å². The van der Waals surface area contributed by atoms with Crippen LogP contribution in [-0.2, 0) is 6.54 Å². The largest absolute Gasteiger partial charge is 0.507 e. The van der Waals surface area contributed by atoms with Crippen LogP contribution in [0.3, 0.4) is 0 Å². The molecule has 2 aromatic carbocycles. The van der Waals surface area contributed by atoms with Gasteiger partial charge in [-0.2, -0.15) is 0 Å². The molecule has 1 atom stereocenters. The monoisotopic (exact) mass is 286 g/mol. The molecule has 0 aliphatic carbocycles. The molecule has 1 unspecified atom stereocenters. The van der Waals surface area contributed by atoms with Crippen molar-refractivity contribution >= 4 is 5.69 Å². The second kappa shape index (κ2) is 6.50. The molecule has 0 saturated heterocycles. The zero-order valence-electron chi connectivity index (χ0n) is 12.7. The summed E-state index contributed by atoms with van der Waals surface area (Å²) in [6, 6.07) is 12.6. The minimum Gasteiger partial charge on any atom is -0.507 e. The van der Waals surface area contributed by atoms with E-state index >= 15 is 0 Å². The highest BCUT2D eigenvalue weighted by Gasteiger charge is 2.16. The van der Waals surface area contributed by atoms with Gasteiger partial charge in [0.2, 0.25) is 0 Å². The number of hydrogen-bond acceptors (Lipinski definition) is 4. The van der Waals surface area contributed by atoms with Crippen LogP contribution in [0.4, 0.5) is 5.69 Å². The third kappa shape index (κ3) is 3.67. The number of hydrogen-bond donors (Lipinski definition) is 3. The van der Waals surface area contributed by atoms with E-state index in [9.17, 15) is 10.2 Å². The first-order valence-corrected chi connectivity index (χ1v) is 6.99. The Morgan fingerprint density at radius 3 is 2.24 bits per heavy atom. The Hall–Kier alpha value is -2.20. The molecule has 0 radical (unpaired) electrons. The third-order valence-electron chi connectivity index (χ3n) is 3.37. The lowest BCUT2D eigenvalue weighted by molar-refractivity contribution is 0.403. The van der Waals surface area contributed by atoms with Gasteiger partial charge >= 0.3 is 0 Å². The highest BCUT2D eigenvalue weighted by molar-refractivity contribution is 5.55. The van der Waals surface area contributed by atoms with E-state index in [0.29, 0.717) is 5.56 Å². The van der Waals surface area contributed by atoms with Crippen LogP contribution >= 0.6 is 0 Å². The van der Waals surface area contributed by atoms with Crippen molar-refractivity contribution in [3.8, 4) is 11.5 Å². The fourth-order valence-electron chi connectivity index (χ4n) is 2.43. The number of nitrogens with zero attached hydrogens (tertiary/aromatic N) is 1. The molecule has 0 aliphatic rings. The van der Waals surface area contributed by atoms with Crippen molar-refractivity contribution in [2.45, 2.75) is 19.5 Å². The molecule has 2 aromatic rings. The second-order valence-electron chi connectivity index (χ2n) is 5.47. The Kier molecular flexibility index (Phi) is 4.70. The summed E-state index contributed by atoms with van der Waals surface area (Å²) in [5.74, 6) is 0.195. The third-order valence-corrected chi connectivity index (χ3v) is 3.37. The van der Waals surface area contributed by atoms with Gasteiger partial charge in [-0.1, -0.05) is 24.3 Å². The van der Waals surface area contributed by atoms with Crippen molar-refractivity contribution in [3.63, 3.8) is 0 Å². The average molecular weight is 286 g/mol. The Bertz CT molecular complexity index is 591.